The van der Waals surface area contributed by atoms with Crippen LogP contribution in [0.1, 0.15) is 12.8 Å². The van der Waals surface area contributed by atoms with Crippen molar-refractivity contribution in [3.8, 4) is 5.75 Å². The van der Waals surface area contributed by atoms with Gasteiger partial charge in [-0.3, -0.25) is 0 Å². The summed E-state index contributed by atoms with van der Waals surface area (Å²) in [6.45, 7) is 4.43. The molecule has 18 heavy (non-hydrogen) atoms. The van der Waals surface area contributed by atoms with Crippen LogP contribution >= 0.6 is 15.9 Å². The molecule has 0 aromatic heterocycles. The van der Waals surface area contributed by atoms with Gasteiger partial charge in [0.2, 0.25) is 0 Å². The molecule has 1 aliphatic heterocycles. The third kappa shape index (κ3) is 4.96. The lowest BCUT2D eigenvalue weighted by Crippen LogP contribution is -2.12. The highest BCUT2D eigenvalue weighted by molar-refractivity contribution is 9.10. The third-order valence-corrected chi connectivity index (χ3v) is 3.62. The van der Waals surface area contributed by atoms with Crippen molar-refractivity contribution in [1.82, 2.24) is 5.32 Å². The Bertz CT molecular complexity index is 353. The van der Waals surface area contributed by atoms with Gasteiger partial charge in [-0.15, -0.1) is 0 Å². The maximum Gasteiger partial charge on any atom is 0.120 e. The maximum atomic E-state index is 5.59. The van der Waals surface area contributed by atoms with E-state index in [4.69, 9.17) is 9.47 Å². The zero-order valence-corrected chi connectivity index (χ0v) is 12.1. The lowest BCUT2D eigenvalue weighted by Gasteiger charge is -2.09. The molecule has 1 N–H and O–H groups in total. The van der Waals surface area contributed by atoms with E-state index in [-0.39, 0.29) is 0 Å². The van der Waals surface area contributed by atoms with Gasteiger partial charge in [0, 0.05) is 11.1 Å². The second kappa shape index (κ2) is 7.77. The first-order valence-corrected chi connectivity index (χ1v) is 7.31. The second-order valence-corrected chi connectivity index (χ2v) is 5.48. The van der Waals surface area contributed by atoms with Gasteiger partial charge < -0.3 is 14.8 Å². The molecule has 0 amide bonds. The molecule has 0 aliphatic carbocycles. The van der Waals surface area contributed by atoms with Gasteiger partial charge >= 0.3 is 0 Å². The van der Waals surface area contributed by atoms with Gasteiger partial charge in [-0.25, -0.2) is 0 Å². The average molecular weight is 314 g/mol. The minimum absolute atomic E-state index is 0.610. The Morgan fingerprint density at radius 3 is 3.00 bits per heavy atom. The summed E-state index contributed by atoms with van der Waals surface area (Å²) in [5, 5.41) is 3.37. The Labute approximate surface area is 117 Å². The highest BCUT2D eigenvalue weighted by Crippen LogP contribution is 2.17. The van der Waals surface area contributed by atoms with E-state index in [9.17, 15) is 0 Å². The van der Waals surface area contributed by atoms with Crippen molar-refractivity contribution < 1.29 is 9.47 Å². The molecule has 1 aliphatic rings. The van der Waals surface area contributed by atoms with Crippen LogP contribution < -0.4 is 10.1 Å². The van der Waals surface area contributed by atoms with Crippen molar-refractivity contribution in [3.63, 3.8) is 0 Å². The van der Waals surface area contributed by atoms with Crippen LogP contribution in [0.25, 0.3) is 0 Å². The first kappa shape index (κ1) is 13.8. The molecule has 1 aromatic rings. The number of halogens is 1. The van der Waals surface area contributed by atoms with Gasteiger partial charge in [0.05, 0.1) is 6.61 Å². The van der Waals surface area contributed by atoms with Gasteiger partial charge in [0.15, 0.2) is 0 Å². The average Bonchev–Trinajstić information content (AvgIpc) is 2.87. The molecule has 0 saturated carbocycles. The fraction of sp³-hybridized carbons (Fsp3) is 0.571. The lowest BCUT2D eigenvalue weighted by atomic mass is 10.1. The van der Waals surface area contributed by atoms with E-state index >= 15 is 0 Å². The summed E-state index contributed by atoms with van der Waals surface area (Å²) in [7, 11) is 0. The van der Waals surface area contributed by atoms with Gasteiger partial charge in [-0.1, -0.05) is 22.0 Å². The van der Waals surface area contributed by atoms with Crippen LogP contribution in [0.15, 0.2) is 28.7 Å². The summed E-state index contributed by atoms with van der Waals surface area (Å²) < 4.78 is 12.2. The van der Waals surface area contributed by atoms with Crippen LogP contribution in [0.5, 0.6) is 5.75 Å². The molecular weight excluding hydrogens is 294 g/mol. The van der Waals surface area contributed by atoms with E-state index in [0.717, 1.165) is 42.3 Å². The highest BCUT2D eigenvalue weighted by Gasteiger charge is 2.13. The van der Waals surface area contributed by atoms with E-state index < -0.39 is 0 Å². The highest BCUT2D eigenvalue weighted by atomic mass is 79.9. The van der Waals surface area contributed by atoms with Crippen LogP contribution in [0.3, 0.4) is 0 Å². The van der Waals surface area contributed by atoms with E-state index in [0.29, 0.717) is 13.2 Å². The lowest BCUT2D eigenvalue weighted by molar-refractivity contribution is 0.0914. The molecule has 0 radical (unpaired) electrons. The topological polar surface area (TPSA) is 30.5 Å². The molecule has 0 spiro atoms. The fourth-order valence-corrected chi connectivity index (χ4v) is 2.47. The summed E-state index contributed by atoms with van der Waals surface area (Å²) in [6, 6.07) is 7.87. The first-order chi connectivity index (χ1) is 8.84. The minimum atomic E-state index is 0.610. The Balaban J connectivity index is 1.50. The fourth-order valence-electron chi connectivity index (χ4n) is 2.09. The molecule has 0 bridgehead atoms. The number of ether oxygens (including phenoxy) is 2. The van der Waals surface area contributed by atoms with Crippen molar-refractivity contribution in [2.45, 2.75) is 12.8 Å². The van der Waals surface area contributed by atoms with Crippen molar-refractivity contribution in [2.24, 2.45) is 5.92 Å². The number of hydrogen-bond acceptors (Lipinski definition) is 3. The summed E-state index contributed by atoms with van der Waals surface area (Å²) in [5.74, 6) is 1.68. The zero-order chi connectivity index (χ0) is 12.6. The van der Waals surface area contributed by atoms with Crippen LogP contribution in [0.4, 0.5) is 0 Å². The Morgan fingerprint density at radius 1 is 1.28 bits per heavy atom. The quantitative estimate of drug-likeness (QED) is 0.785. The van der Waals surface area contributed by atoms with Gasteiger partial charge in [0.25, 0.3) is 0 Å². The Morgan fingerprint density at radius 2 is 2.22 bits per heavy atom. The predicted octanol–water partition coefficient (Wildman–Crippen LogP) is 2.84. The van der Waals surface area contributed by atoms with Crippen LogP contribution in [0.2, 0.25) is 0 Å². The van der Waals surface area contributed by atoms with E-state index in [1.807, 2.05) is 24.3 Å². The molecule has 2 rings (SSSR count). The molecule has 1 atom stereocenters. The Hall–Kier alpha value is -0.580. The van der Waals surface area contributed by atoms with Crippen LogP contribution in [-0.4, -0.2) is 32.9 Å². The van der Waals surface area contributed by atoms with Crippen LogP contribution in [-0.2, 0) is 4.74 Å². The zero-order valence-electron chi connectivity index (χ0n) is 10.5. The van der Waals surface area contributed by atoms with E-state index in [1.54, 1.807) is 0 Å². The Kier molecular flexibility index (Phi) is 5.97. The molecule has 3 nitrogen and oxygen atoms in total. The summed E-state index contributed by atoms with van der Waals surface area (Å²) in [4.78, 5) is 0. The van der Waals surface area contributed by atoms with Crippen molar-refractivity contribution >= 4 is 15.9 Å². The maximum absolute atomic E-state index is 5.59. The summed E-state index contributed by atoms with van der Waals surface area (Å²) in [5.41, 5.74) is 0. The number of hydrogen-bond donors (Lipinski definition) is 1. The van der Waals surface area contributed by atoms with Gasteiger partial charge in [-0.2, -0.15) is 0 Å². The predicted molar refractivity (Wildman–Crippen MR) is 76.0 cm³/mol. The van der Waals surface area contributed by atoms with Crippen molar-refractivity contribution in [2.75, 3.05) is 32.9 Å². The third-order valence-electron chi connectivity index (χ3n) is 3.13. The standard InChI is InChI=1S/C14H20BrNO2/c15-13-2-1-3-14(10-13)18-9-8-17-7-5-12-4-6-16-11-12/h1-3,10,12,16H,4-9,11H2. The monoisotopic (exact) mass is 313 g/mol. The largest absolute Gasteiger partial charge is 0.491 e. The number of benzene rings is 1. The molecule has 1 fully saturated rings. The molecule has 1 heterocycles. The second-order valence-electron chi connectivity index (χ2n) is 4.57. The van der Waals surface area contributed by atoms with Gasteiger partial charge in [-0.05, 0) is 50.0 Å². The number of rotatable bonds is 7. The van der Waals surface area contributed by atoms with E-state index in [1.165, 1.54) is 6.42 Å². The summed E-state index contributed by atoms with van der Waals surface area (Å²) >= 11 is 3.42. The van der Waals surface area contributed by atoms with Crippen molar-refractivity contribution in [3.05, 3.63) is 28.7 Å². The smallest absolute Gasteiger partial charge is 0.120 e. The molecule has 1 saturated heterocycles. The molecule has 4 heteroatoms. The SMILES string of the molecule is Brc1cccc(OCCOCCC2CCNC2)c1. The van der Waals surface area contributed by atoms with E-state index in [2.05, 4.69) is 21.2 Å². The first-order valence-electron chi connectivity index (χ1n) is 6.51. The minimum Gasteiger partial charge on any atom is -0.491 e. The normalized spacial score (nSPS) is 19.1. The molecular formula is C14H20BrNO2. The summed E-state index contributed by atoms with van der Waals surface area (Å²) in [6.07, 6.45) is 2.45. The molecule has 1 unspecified atom stereocenters. The van der Waals surface area contributed by atoms with Crippen molar-refractivity contribution in [1.29, 1.82) is 0 Å². The number of nitrogens with one attached hydrogen (secondary N) is 1. The van der Waals surface area contributed by atoms with Gasteiger partial charge in [0.1, 0.15) is 12.4 Å². The molecule has 100 valence electrons. The molecule has 1 aromatic carbocycles. The van der Waals surface area contributed by atoms with Crippen LogP contribution in [0, 0.1) is 5.92 Å².